The van der Waals surface area contributed by atoms with E-state index >= 15 is 0 Å². The molecule has 0 saturated heterocycles. The second kappa shape index (κ2) is 7.71. The van der Waals surface area contributed by atoms with Crippen LogP contribution in [0.15, 0.2) is 66.1 Å². The minimum atomic E-state index is -4.52. The van der Waals surface area contributed by atoms with Gasteiger partial charge in [0, 0.05) is 17.8 Å². The van der Waals surface area contributed by atoms with Crippen molar-refractivity contribution in [2.75, 3.05) is 11.9 Å². The first-order valence-corrected chi connectivity index (χ1v) is 8.81. The van der Waals surface area contributed by atoms with Gasteiger partial charge in [-0.05, 0) is 42.5 Å². The minimum Gasteiger partial charge on any atom is -0.322 e. The molecule has 0 aliphatic heterocycles. The third-order valence-corrected chi connectivity index (χ3v) is 4.73. The van der Waals surface area contributed by atoms with Crippen LogP contribution in [-0.4, -0.2) is 20.9 Å². The third kappa shape index (κ3) is 4.93. The van der Waals surface area contributed by atoms with E-state index in [1.54, 1.807) is 0 Å². The summed E-state index contributed by atoms with van der Waals surface area (Å²) in [6.45, 7) is 3.46. The Morgan fingerprint density at radius 1 is 1.12 bits per heavy atom. The van der Waals surface area contributed by atoms with Crippen LogP contribution in [0.25, 0.3) is 0 Å². The summed E-state index contributed by atoms with van der Waals surface area (Å²) in [7, 11) is -3.72. The van der Waals surface area contributed by atoms with E-state index < -0.39 is 27.7 Å². The van der Waals surface area contributed by atoms with Gasteiger partial charge in [-0.2, -0.15) is 13.2 Å². The lowest BCUT2D eigenvalue weighted by molar-refractivity contribution is -0.137. The van der Waals surface area contributed by atoms with Gasteiger partial charge in [-0.25, -0.2) is 13.1 Å². The summed E-state index contributed by atoms with van der Waals surface area (Å²) >= 11 is 0. The number of carbonyl (C=O) groups excluding carboxylic acids is 1. The van der Waals surface area contributed by atoms with Gasteiger partial charge in [0.15, 0.2) is 0 Å². The van der Waals surface area contributed by atoms with E-state index in [0.717, 1.165) is 12.1 Å². The Morgan fingerprint density at radius 3 is 2.35 bits per heavy atom. The zero-order valence-corrected chi connectivity index (χ0v) is 14.2. The fourth-order valence-corrected chi connectivity index (χ4v) is 3.01. The highest BCUT2D eigenvalue weighted by molar-refractivity contribution is 7.89. The average molecular weight is 384 g/mol. The molecular weight excluding hydrogens is 369 g/mol. The van der Waals surface area contributed by atoms with Gasteiger partial charge in [0.2, 0.25) is 10.0 Å². The maximum absolute atomic E-state index is 12.7. The standard InChI is InChI=1S/C17H15F3N2O3S/c1-2-10-21-26(24,25)15-8-6-12(7-9-15)16(23)22-14-5-3-4-13(11-14)17(18,19)20/h2-9,11,21H,1,10H2,(H,22,23). The Hall–Kier alpha value is -2.65. The number of hydrogen-bond donors (Lipinski definition) is 2. The van der Waals surface area contributed by atoms with Gasteiger partial charge in [-0.3, -0.25) is 4.79 Å². The SMILES string of the molecule is C=CCNS(=O)(=O)c1ccc(C(=O)Nc2cccc(C(F)(F)F)c2)cc1. The average Bonchev–Trinajstić information content (AvgIpc) is 2.59. The summed E-state index contributed by atoms with van der Waals surface area (Å²) in [6.07, 6.45) is -3.14. The molecule has 2 aromatic carbocycles. The van der Waals surface area contributed by atoms with Gasteiger partial charge in [0.05, 0.1) is 10.5 Å². The van der Waals surface area contributed by atoms with Gasteiger partial charge >= 0.3 is 6.18 Å². The van der Waals surface area contributed by atoms with Crippen LogP contribution in [0.4, 0.5) is 18.9 Å². The number of nitrogens with one attached hydrogen (secondary N) is 2. The van der Waals surface area contributed by atoms with Crippen LogP contribution in [-0.2, 0) is 16.2 Å². The molecule has 0 aromatic heterocycles. The van der Waals surface area contributed by atoms with E-state index in [4.69, 9.17) is 0 Å². The molecule has 0 aliphatic carbocycles. The number of rotatable bonds is 6. The van der Waals surface area contributed by atoms with E-state index in [9.17, 15) is 26.4 Å². The van der Waals surface area contributed by atoms with Crippen LogP contribution >= 0.6 is 0 Å². The smallest absolute Gasteiger partial charge is 0.322 e. The van der Waals surface area contributed by atoms with Crippen LogP contribution in [0, 0.1) is 0 Å². The number of carbonyl (C=O) groups is 1. The Labute approximate surface area is 148 Å². The van der Waals surface area contributed by atoms with Crippen molar-refractivity contribution in [3.05, 3.63) is 72.3 Å². The van der Waals surface area contributed by atoms with Gasteiger partial charge in [-0.1, -0.05) is 12.1 Å². The summed E-state index contributed by atoms with van der Waals surface area (Å²) in [5, 5.41) is 2.35. The van der Waals surface area contributed by atoms with Gasteiger partial charge < -0.3 is 5.32 Å². The van der Waals surface area contributed by atoms with Crippen LogP contribution in [0.3, 0.4) is 0 Å². The van der Waals surface area contributed by atoms with Crippen molar-refractivity contribution in [1.29, 1.82) is 0 Å². The van der Waals surface area contributed by atoms with Gasteiger partial charge in [-0.15, -0.1) is 6.58 Å². The van der Waals surface area contributed by atoms with Crippen molar-refractivity contribution in [1.82, 2.24) is 4.72 Å². The predicted octanol–water partition coefficient (Wildman–Crippen LogP) is 3.42. The molecule has 0 spiro atoms. The molecule has 2 rings (SSSR count). The Balaban J connectivity index is 2.15. The van der Waals surface area contributed by atoms with Crippen molar-refractivity contribution in [3.63, 3.8) is 0 Å². The first kappa shape index (κ1) is 19.7. The van der Waals surface area contributed by atoms with E-state index in [1.807, 2.05) is 0 Å². The minimum absolute atomic E-state index is 0.0193. The van der Waals surface area contributed by atoms with Crippen molar-refractivity contribution in [2.45, 2.75) is 11.1 Å². The molecule has 138 valence electrons. The zero-order valence-electron chi connectivity index (χ0n) is 13.4. The Bertz CT molecular complexity index is 908. The molecule has 0 heterocycles. The summed E-state index contributed by atoms with van der Waals surface area (Å²) in [4.78, 5) is 12.1. The first-order valence-electron chi connectivity index (χ1n) is 7.33. The molecule has 0 fully saturated rings. The fourth-order valence-electron chi connectivity index (χ4n) is 2.01. The number of halogens is 3. The molecular formula is C17H15F3N2O3S. The summed E-state index contributed by atoms with van der Waals surface area (Å²) in [6, 6.07) is 9.21. The van der Waals surface area contributed by atoms with Crippen LogP contribution in [0.5, 0.6) is 0 Å². The molecule has 26 heavy (non-hydrogen) atoms. The van der Waals surface area contributed by atoms with Crippen LogP contribution < -0.4 is 10.0 Å². The Morgan fingerprint density at radius 2 is 1.77 bits per heavy atom. The highest BCUT2D eigenvalue weighted by Crippen LogP contribution is 2.30. The van der Waals surface area contributed by atoms with E-state index in [1.165, 1.54) is 42.5 Å². The van der Waals surface area contributed by atoms with E-state index in [0.29, 0.717) is 0 Å². The van der Waals surface area contributed by atoms with Crippen molar-refractivity contribution in [2.24, 2.45) is 0 Å². The molecule has 0 aliphatic rings. The number of benzene rings is 2. The van der Waals surface area contributed by atoms with Crippen molar-refractivity contribution >= 4 is 21.6 Å². The Kier molecular flexibility index (Phi) is 5.83. The number of anilines is 1. The largest absolute Gasteiger partial charge is 0.416 e. The predicted molar refractivity (Wildman–Crippen MR) is 91.2 cm³/mol. The highest BCUT2D eigenvalue weighted by atomic mass is 32.2. The van der Waals surface area contributed by atoms with Crippen molar-refractivity contribution < 1.29 is 26.4 Å². The second-order valence-electron chi connectivity index (χ2n) is 5.20. The first-order chi connectivity index (χ1) is 12.1. The fraction of sp³-hybridized carbons (Fsp3) is 0.118. The van der Waals surface area contributed by atoms with Gasteiger partial charge in [0.25, 0.3) is 5.91 Å². The monoisotopic (exact) mass is 384 g/mol. The number of hydrogen-bond acceptors (Lipinski definition) is 3. The normalized spacial score (nSPS) is 11.8. The maximum Gasteiger partial charge on any atom is 0.416 e. The second-order valence-corrected chi connectivity index (χ2v) is 6.96. The molecule has 2 aromatic rings. The summed E-state index contributed by atoms with van der Waals surface area (Å²) in [5.74, 6) is -0.660. The lowest BCUT2D eigenvalue weighted by atomic mass is 10.1. The molecule has 5 nitrogen and oxygen atoms in total. The number of amides is 1. The topological polar surface area (TPSA) is 75.3 Å². The highest BCUT2D eigenvalue weighted by Gasteiger charge is 2.30. The quantitative estimate of drug-likeness (QED) is 0.750. The van der Waals surface area contributed by atoms with E-state index in [2.05, 4.69) is 16.6 Å². The lowest BCUT2D eigenvalue weighted by Crippen LogP contribution is -2.23. The number of sulfonamides is 1. The zero-order chi connectivity index (χ0) is 19.4. The molecule has 0 unspecified atom stereocenters. The lowest BCUT2D eigenvalue weighted by Gasteiger charge is -2.10. The molecule has 2 N–H and O–H groups in total. The van der Waals surface area contributed by atoms with Crippen LogP contribution in [0.1, 0.15) is 15.9 Å². The molecule has 0 saturated carbocycles. The molecule has 0 atom stereocenters. The van der Waals surface area contributed by atoms with Crippen LogP contribution in [0.2, 0.25) is 0 Å². The van der Waals surface area contributed by atoms with Crippen molar-refractivity contribution in [3.8, 4) is 0 Å². The van der Waals surface area contributed by atoms with E-state index in [-0.39, 0.29) is 22.7 Å². The maximum atomic E-state index is 12.7. The summed E-state index contributed by atoms with van der Waals surface area (Å²) in [5.41, 5.74) is -0.802. The molecule has 0 bridgehead atoms. The third-order valence-electron chi connectivity index (χ3n) is 3.29. The van der Waals surface area contributed by atoms with Gasteiger partial charge in [0.1, 0.15) is 0 Å². The molecule has 1 amide bonds. The molecule has 9 heteroatoms. The summed E-state index contributed by atoms with van der Waals surface area (Å²) < 4.78 is 64.2. The number of alkyl halides is 3. The molecule has 0 radical (unpaired) electrons.